The maximum Gasteiger partial charge on any atom is 0.332 e. The summed E-state index contributed by atoms with van der Waals surface area (Å²) >= 11 is 0. The van der Waals surface area contributed by atoms with E-state index in [4.69, 9.17) is 4.74 Å². The largest absolute Gasteiger partial charge is 0.464 e. The molecule has 116 valence electrons. The van der Waals surface area contributed by atoms with Gasteiger partial charge in [0.25, 0.3) is 0 Å². The number of esters is 1. The minimum absolute atomic E-state index is 0.293. The van der Waals surface area contributed by atoms with Crippen molar-refractivity contribution in [2.24, 2.45) is 0 Å². The molecule has 0 unspecified atom stereocenters. The van der Waals surface area contributed by atoms with Gasteiger partial charge in [0, 0.05) is 18.9 Å². The van der Waals surface area contributed by atoms with Crippen LogP contribution >= 0.6 is 0 Å². The van der Waals surface area contributed by atoms with Crippen LogP contribution in [0.25, 0.3) is 0 Å². The fourth-order valence-electron chi connectivity index (χ4n) is 2.70. The number of fused-ring (bicyclic) bond motifs is 1. The number of hydrogen-bond acceptors (Lipinski definition) is 3. The predicted octanol–water partition coefficient (Wildman–Crippen LogP) is 2.34. The number of carbonyl (C=O) groups is 2. The summed E-state index contributed by atoms with van der Waals surface area (Å²) in [6, 6.07) is 7.85. The van der Waals surface area contributed by atoms with Crippen LogP contribution in [0.4, 0.5) is 0 Å². The van der Waals surface area contributed by atoms with Crippen LogP contribution < -0.4 is 5.32 Å². The Labute approximate surface area is 130 Å². The molecule has 4 heteroatoms. The van der Waals surface area contributed by atoms with E-state index in [1.54, 1.807) is 19.1 Å². The Kier molecular flexibility index (Phi) is 5.15. The zero-order valence-electron chi connectivity index (χ0n) is 13.0. The first-order valence-electron chi connectivity index (χ1n) is 7.47. The molecule has 0 radical (unpaired) electrons. The fourth-order valence-corrected chi connectivity index (χ4v) is 2.70. The lowest BCUT2D eigenvalue weighted by molar-refractivity contribution is -0.152. The molecule has 1 aromatic carbocycles. The molecule has 4 nitrogen and oxygen atoms in total. The molecular formula is C18H21NO3. The third kappa shape index (κ3) is 3.45. The Hall–Kier alpha value is -2.36. The van der Waals surface area contributed by atoms with Gasteiger partial charge in [0.2, 0.25) is 5.91 Å². The van der Waals surface area contributed by atoms with Crippen LogP contribution in [0.3, 0.4) is 0 Å². The van der Waals surface area contributed by atoms with Crippen molar-refractivity contribution in [3.63, 3.8) is 0 Å². The number of carbonyl (C=O) groups excluding carboxylic acids is 2. The topological polar surface area (TPSA) is 55.4 Å². The summed E-state index contributed by atoms with van der Waals surface area (Å²) in [4.78, 5) is 24.5. The first kappa shape index (κ1) is 16.0. The second-order valence-corrected chi connectivity index (χ2v) is 5.30. The average Bonchev–Trinajstić information content (AvgIpc) is 2.87. The number of hydrogen-bond donors (Lipinski definition) is 1. The molecule has 2 rings (SSSR count). The molecule has 1 aliphatic rings. The lowest BCUT2D eigenvalue weighted by Crippen LogP contribution is -2.55. The molecule has 0 bridgehead atoms. The summed E-state index contributed by atoms with van der Waals surface area (Å²) < 4.78 is 5.20. The number of rotatable bonds is 5. The highest BCUT2D eigenvalue weighted by atomic mass is 16.5. The molecular weight excluding hydrogens is 278 g/mol. The van der Waals surface area contributed by atoms with Crippen LogP contribution in [-0.2, 0) is 27.2 Å². The standard InChI is InChI=1S/C18H21NO3/c1-3-5-6-11-16(20)19-18(17(21)22-4-2)12-14-9-7-8-10-15(14)13-18/h3,5-11H,4,12-13H2,1-2H3,(H,19,20)/b5-3+,11-6-. The third-order valence-corrected chi connectivity index (χ3v) is 3.68. The summed E-state index contributed by atoms with van der Waals surface area (Å²) in [5, 5.41) is 2.85. The van der Waals surface area contributed by atoms with Gasteiger partial charge in [-0.05, 0) is 25.0 Å². The van der Waals surface area contributed by atoms with Gasteiger partial charge in [0.15, 0.2) is 0 Å². The van der Waals surface area contributed by atoms with E-state index in [0.717, 1.165) is 11.1 Å². The Bertz CT molecular complexity index is 592. The predicted molar refractivity (Wildman–Crippen MR) is 85.3 cm³/mol. The van der Waals surface area contributed by atoms with E-state index in [9.17, 15) is 9.59 Å². The van der Waals surface area contributed by atoms with Crippen LogP contribution in [0.5, 0.6) is 0 Å². The Morgan fingerprint density at radius 1 is 1.23 bits per heavy atom. The molecule has 0 heterocycles. The molecule has 1 amide bonds. The fraction of sp³-hybridized carbons (Fsp3) is 0.333. The molecule has 22 heavy (non-hydrogen) atoms. The van der Waals surface area contributed by atoms with E-state index in [2.05, 4.69) is 5.32 Å². The van der Waals surface area contributed by atoms with Crippen molar-refractivity contribution in [3.8, 4) is 0 Å². The normalized spacial score (nSPS) is 15.9. The van der Waals surface area contributed by atoms with Crippen molar-refractivity contribution in [1.29, 1.82) is 0 Å². The van der Waals surface area contributed by atoms with Gasteiger partial charge < -0.3 is 10.1 Å². The molecule has 1 N–H and O–H groups in total. The molecule has 1 aromatic rings. The van der Waals surface area contributed by atoms with Crippen molar-refractivity contribution >= 4 is 11.9 Å². The molecule has 0 atom stereocenters. The molecule has 0 spiro atoms. The van der Waals surface area contributed by atoms with E-state index in [0.29, 0.717) is 19.4 Å². The minimum atomic E-state index is -1.00. The van der Waals surface area contributed by atoms with Gasteiger partial charge >= 0.3 is 5.97 Å². The summed E-state index contributed by atoms with van der Waals surface area (Å²) in [5.74, 6) is -0.669. The van der Waals surface area contributed by atoms with Crippen LogP contribution in [0, 0.1) is 0 Å². The number of benzene rings is 1. The molecule has 0 aromatic heterocycles. The summed E-state index contributed by atoms with van der Waals surface area (Å²) in [6.45, 7) is 3.93. The van der Waals surface area contributed by atoms with E-state index < -0.39 is 5.54 Å². The van der Waals surface area contributed by atoms with Crippen molar-refractivity contribution in [3.05, 3.63) is 59.7 Å². The van der Waals surface area contributed by atoms with Gasteiger partial charge in [-0.2, -0.15) is 0 Å². The zero-order chi connectivity index (χ0) is 16.0. The molecule has 1 aliphatic carbocycles. The lowest BCUT2D eigenvalue weighted by Gasteiger charge is -2.27. The summed E-state index contributed by atoms with van der Waals surface area (Å²) in [7, 11) is 0. The first-order chi connectivity index (χ1) is 10.6. The van der Waals surface area contributed by atoms with Crippen molar-refractivity contribution < 1.29 is 14.3 Å². The zero-order valence-corrected chi connectivity index (χ0v) is 13.0. The highest BCUT2D eigenvalue weighted by molar-refractivity contribution is 5.94. The van der Waals surface area contributed by atoms with Crippen LogP contribution in [0.15, 0.2) is 48.6 Å². The maximum atomic E-state index is 12.4. The second kappa shape index (κ2) is 7.07. The molecule has 0 fully saturated rings. The maximum absolute atomic E-state index is 12.4. The summed E-state index contributed by atoms with van der Waals surface area (Å²) in [5.41, 5.74) is 1.15. The van der Waals surface area contributed by atoms with Gasteiger partial charge in [-0.1, -0.05) is 42.5 Å². The van der Waals surface area contributed by atoms with Gasteiger partial charge in [-0.3, -0.25) is 4.79 Å². The van der Waals surface area contributed by atoms with Crippen LogP contribution in [-0.4, -0.2) is 24.0 Å². The minimum Gasteiger partial charge on any atom is -0.464 e. The van der Waals surface area contributed by atoms with E-state index in [1.807, 2.05) is 37.3 Å². The monoisotopic (exact) mass is 299 g/mol. The van der Waals surface area contributed by atoms with E-state index >= 15 is 0 Å². The summed E-state index contributed by atoms with van der Waals surface area (Å²) in [6.07, 6.45) is 7.59. The smallest absolute Gasteiger partial charge is 0.332 e. The Balaban J connectivity index is 2.22. The lowest BCUT2D eigenvalue weighted by atomic mass is 9.95. The number of nitrogens with one attached hydrogen (secondary N) is 1. The highest BCUT2D eigenvalue weighted by Crippen LogP contribution is 2.31. The van der Waals surface area contributed by atoms with E-state index in [-0.39, 0.29) is 11.9 Å². The quantitative estimate of drug-likeness (QED) is 0.516. The van der Waals surface area contributed by atoms with Gasteiger partial charge in [0.05, 0.1) is 6.61 Å². The van der Waals surface area contributed by atoms with Crippen LogP contribution in [0.1, 0.15) is 25.0 Å². The van der Waals surface area contributed by atoms with Crippen molar-refractivity contribution in [2.75, 3.05) is 6.61 Å². The Morgan fingerprint density at radius 2 is 1.86 bits per heavy atom. The number of ether oxygens (including phenoxy) is 1. The molecule has 0 saturated carbocycles. The SMILES string of the molecule is C/C=C/C=C\C(=O)NC1(C(=O)OCC)Cc2ccccc2C1. The van der Waals surface area contributed by atoms with Gasteiger partial charge in [-0.15, -0.1) is 0 Å². The van der Waals surface area contributed by atoms with Crippen LogP contribution in [0.2, 0.25) is 0 Å². The third-order valence-electron chi connectivity index (χ3n) is 3.68. The van der Waals surface area contributed by atoms with Crippen molar-refractivity contribution in [1.82, 2.24) is 5.32 Å². The average molecular weight is 299 g/mol. The molecule has 0 aliphatic heterocycles. The first-order valence-corrected chi connectivity index (χ1v) is 7.47. The van der Waals surface area contributed by atoms with Gasteiger partial charge in [-0.25, -0.2) is 4.79 Å². The number of amides is 1. The van der Waals surface area contributed by atoms with Crippen molar-refractivity contribution in [2.45, 2.75) is 32.2 Å². The number of allylic oxidation sites excluding steroid dienone is 3. The Morgan fingerprint density at radius 3 is 2.41 bits per heavy atom. The molecule has 0 saturated heterocycles. The second-order valence-electron chi connectivity index (χ2n) is 5.30. The van der Waals surface area contributed by atoms with Gasteiger partial charge in [0.1, 0.15) is 5.54 Å². The van der Waals surface area contributed by atoms with E-state index in [1.165, 1.54) is 6.08 Å². The highest BCUT2D eigenvalue weighted by Gasteiger charge is 2.46.